The van der Waals surface area contributed by atoms with E-state index >= 15 is 0 Å². The van der Waals surface area contributed by atoms with Gasteiger partial charge < -0.3 is 9.47 Å². The average molecular weight is 343 g/mol. The topological polar surface area (TPSA) is 48.4 Å². The summed E-state index contributed by atoms with van der Waals surface area (Å²) in [5.74, 6) is 0.154. The summed E-state index contributed by atoms with van der Waals surface area (Å²) in [6, 6.07) is 13.0. The van der Waals surface area contributed by atoms with Crippen molar-refractivity contribution < 1.29 is 18.7 Å². The summed E-state index contributed by atoms with van der Waals surface area (Å²) < 4.78 is 23.4. The standard InChI is InChI=1S/C18H14FNO3S/c1-22-15-4-2-3-5-16(15)23-17(21)10-14-11-24-18(20-14)12-6-8-13(19)9-7-12/h2-9,11H,10H2,1H3. The van der Waals surface area contributed by atoms with Crippen molar-refractivity contribution in [3.05, 3.63) is 65.4 Å². The lowest BCUT2D eigenvalue weighted by Gasteiger charge is -2.07. The highest BCUT2D eigenvalue weighted by Gasteiger charge is 2.13. The van der Waals surface area contributed by atoms with E-state index < -0.39 is 5.97 Å². The zero-order chi connectivity index (χ0) is 16.9. The number of benzene rings is 2. The third kappa shape index (κ3) is 3.78. The Morgan fingerprint density at radius 1 is 1.12 bits per heavy atom. The maximum Gasteiger partial charge on any atom is 0.317 e. The Balaban J connectivity index is 1.68. The van der Waals surface area contributed by atoms with E-state index in [2.05, 4.69) is 4.98 Å². The molecule has 0 N–H and O–H groups in total. The molecule has 0 saturated carbocycles. The van der Waals surface area contributed by atoms with Crippen LogP contribution in [0.25, 0.3) is 10.6 Å². The van der Waals surface area contributed by atoms with E-state index in [1.807, 2.05) is 0 Å². The average Bonchev–Trinajstić information content (AvgIpc) is 3.04. The van der Waals surface area contributed by atoms with Crippen molar-refractivity contribution in [3.63, 3.8) is 0 Å². The smallest absolute Gasteiger partial charge is 0.317 e. The third-order valence-electron chi connectivity index (χ3n) is 3.26. The Morgan fingerprint density at radius 3 is 2.54 bits per heavy atom. The molecule has 24 heavy (non-hydrogen) atoms. The molecule has 4 nitrogen and oxygen atoms in total. The molecule has 0 amide bonds. The van der Waals surface area contributed by atoms with Gasteiger partial charge >= 0.3 is 5.97 Å². The Bertz CT molecular complexity index is 845. The van der Waals surface area contributed by atoms with Crippen LogP contribution < -0.4 is 9.47 Å². The van der Waals surface area contributed by atoms with E-state index in [9.17, 15) is 9.18 Å². The van der Waals surface area contributed by atoms with Crippen molar-refractivity contribution in [1.29, 1.82) is 0 Å². The van der Waals surface area contributed by atoms with Gasteiger partial charge in [-0.15, -0.1) is 11.3 Å². The third-order valence-corrected chi connectivity index (χ3v) is 4.20. The highest BCUT2D eigenvalue weighted by atomic mass is 32.1. The number of aromatic nitrogens is 1. The summed E-state index contributed by atoms with van der Waals surface area (Å²) in [5, 5.41) is 2.53. The van der Waals surface area contributed by atoms with Gasteiger partial charge in [-0.1, -0.05) is 12.1 Å². The number of rotatable bonds is 5. The lowest BCUT2D eigenvalue weighted by molar-refractivity contribution is -0.133. The summed E-state index contributed by atoms with van der Waals surface area (Å²) in [4.78, 5) is 16.5. The molecule has 3 aromatic rings. The minimum atomic E-state index is -0.421. The summed E-state index contributed by atoms with van der Waals surface area (Å²) in [6.45, 7) is 0. The summed E-state index contributed by atoms with van der Waals surface area (Å²) in [5.41, 5.74) is 1.42. The molecule has 0 bridgehead atoms. The predicted molar refractivity (Wildman–Crippen MR) is 89.8 cm³/mol. The first-order valence-corrected chi connectivity index (χ1v) is 8.07. The van der Waals surface area contributed by atoms with Gasteiger partial charge in [-0.3, -0.25) is 4.79 Å². The molecule has 0 aliphatic rings. The molecule has 3 rings (SSSR count). The molecule has 0 spiro atoms. The fourth-order valence-electron chi connectivity index (χ4n) is 2.12. The minimum Gasteiger partial charge on any atom is -0.493 e. The zero-order valence-electron chi connectivity index (χ0n) is 12.9. The number of methoxy groups -OCH3 is 1. The van der Waals surface area contributed by atoms with E-state index in [-0.39, 0.29) is 12.2 Å². The van der Waals surface area contributed by atoms with Crippen LogP contribution in [-0.4, -0.2) is 18.1 Å². The van der Waals surface area contributed by atoms with Gasteiger partial charge in [0.05, 0.1) is 19.2 Å². The van der Waals surface area contributed by atoms with Crippen LogP contribution in [0.15, 0.2) is 53.9 Å². The maximum absolute atomic E-state index is 13.0. The van der Waals surface area contributed by atoms with Crippen LogP contribution >= 0.6 is 11.3 Å². The number of carbonyl (C=O) groups is 1. The van der Waals surface area contributed by atoms with E-state index in [0.29, 0.717) is 17.2 Å². The summed E-state index contributed by atoms with van der Waals surface area (Å²) in [7, 11) is 1.52. The van der Waals surface area contributed by atoms with Crippen LogP contribution in [0.1, 0.15) is 5.69 Å². The number of nitrogens with zero attached hydrogens (tertiary/aromatic N) is 1. The highest BCUT2D eigenvalue weighted by molar-refractivity contribution is 7.13. The van der Waals surface area contributed by atoms with Gasteiger partial charge in [-0.25, -0.2) is 9.37 Å². The predicted octanol–water partition coefficient (Wildman–Crippen LogP) is 4.11. The number of hydrogen-bond donors (Lipinski definition) is 0. The molecule has 0 radical (unpaired) electrons. The lowest BCUT2D eigenvalue weighted by Crippen LogP contribution is -2.12. The van der Waals surface area contributed by atoms with Gasteiger partial charge in [0.25, 0.3) is 0 Å². The van der Waals surface area contributed by atoms with Crippen molar-refractivity contribution in [1.82, 2.24) is 4.98 Å². The molecule has 0 saturated heterocycles. The molecule has 1 heterocycles. The van der Waals surface area contributed by atoms with Crippen molar-refractivity contribution in [2.75, 3.05) is 7.11 Å². The van der Waals surface area contributed by atoms with Crippen LogP contribution in [-0.2, 0) is 11.2 Å². The van der Waals surface area contributed by atoms with Crippen LogP contribution in [0.2, 0.25) is 0 Å². The number of thiazole rings is 1. The normalized spacial score (nSPS) is 10.4. The van der Waals surface area contributed by atoms with Crippen molar-refractivity contribution in [2.24, 2.45) is 0 Å². The number of esters is 1. The van der Waals surface area contributed by atoms with Gasteiger partial charge in [0.15, 0.2) is 11.5 Å². The summed E-state index contributed by atoms with van der Waals surface area (Å²) >= 11 is 1.40. The van der Waals surface area contributed by atoms with Crippen LogP contribution in [0.5, 0.6) is 11.5 Å². The fraction of sp³-hybridized carbons (Fsp3) is 0.111. The molecule has 1 aromatic heterocycles. The van der Waals surface area contributed by atoms with Crippen molar-refractivity contribution in [2.45, 2.75) is 6.42 Å². The van der Waals surface area contributed by atoms with E-state index in [1.165, 1.54) is 30.6 Å². The van der Waals surface area contributed by atoms with Gasteiger partial charge in [0.1, 0.15) is 10.8 Å². The molecular formula is C18H14FNO3S. The molecule has 2 aromatic carbocycles. The monoisotopic (exact) mass is 343 g/mol. The van der Waals surface area contributed by atoms with E-state index in [4.69, 9.17) is 9.47 Å². The summed E-state index contributed by atoms with van der Waals surface area (Å²) in [6.07, 6.45) is 0.0513. The van der Waals surface area contributed by atoms with Crippen LogP contribution in [0, 0.1) is 5.82 Å². The van der Waals surface area contributed by atoms with Gasteiger partial charge in [0.2, 0.25) is 0 Å². The number of para-hydroxylation sites is 2. The first kappa shape index (κ1) is 16.1. The van der Waals surface area contributed by atoms with Crippen molar-refractivity contribution in [3.8, 4) is 22.1 Å². The Hall–Kier alpha value is -2.73. The SMILES string of the molecule is COc1ccccc1OC(=O)Cc1csc(-c2ccc(F)cc2)n1. The second-order valence-corrected chi connectivity index (χ2v) is 5.81. The van der Waals surface area contributed by atoms with Crippen LogP contribution in [0.4, 0.5) is 4.39 Å². The molecule has 6 heteroatoms. The first-order valence-electron chi connectivity index (χ1n) is 7.20. The van der Waals surface area contributed by atoms with E-state index in [1.54, 1.807) is 41.8 Å². The Morgan fingerprint density at radius 2 is 1.83 bits per heavy atom. The van der Waals surface area contributed by atoms with Gasteiger partial charge in [-0.05, 0) is 36.4 Å². The highest BCUT2D eigenvalue weighted by Crippen LogP contribution is 2.27. The maximum atomic E-state index is 13.0. The molecule has 0 unspecified atom stereocenters. The van der Waals surface area contributed by atoms with Gasteiger partial charge in [0, 0.05) is 10.9 Å². The molecule has 122 valence electrons. The molecule has 0 aliphatic carbocycles. The minimum absolute atomic E-state index is 0.0513. The van der Waals surface area contributed by atoms with Crippen LogP contribution in [0.3, 0.4) is 0 Å². The first-order chi connectivity index (χ1) is 11.7. The Kier molecular flexibility index (Phi) is 4.86. The largest absolute Gasteiger partial charge is 0.493 e. The second-order valence-electron chi connectivity index (χ2n) is 4.95. The Labute approximate surface area is 142 Å². The second kappa shape index (κ2) is 7.23. The molecule has 0 fully saturated rings. The number of halogens is 1. The molecule has 0 atom stereocenters. The number of hydrogen-bond acceptors (Lipinski definition) is 5. The fourth-order valence-corrected chi connectivity index (χ4v) is 2.95. The number of carbonyl (C=O) groups excluding carboxylic acids is 1. The van der Waals surface area contributed by atoms with E-state index in [0.717, 1.165) is 10.6 Å². The molecule has 0 aliphatic heterocycles. The quantitative estimate of drug-likeness (QED) is 0.517. The lowest BCUT2D eigenvalue weighted by atomic mass is 10.2. The van der Waals surface area contributed by atoms with Gasteiger partial charge in [-0.2, -0.15) is 0 Å². The zero-order valence-corrected chi connectivity index (χ0v) is 13.7. The number of ether oxygens (including phenoxy) is 2. The molecular weight excluding hydrogens is 329 g/mol. The van der Waals surface area contributed by atoms with Crippen molar-refractivity contribution >= 4 is 17.3 Å².